The van der Waals surface area contributed by atoms with Crippen LogP contribution in [0.4, 0.5) is 5.69 Å². The van der Waals surface area contributed by atoms with Crippen molar-refractivity contribution in [2.45, 2.75) is 11.8 Å². The fourth-order valence-corrected chi connectivity index (χ4v) is 2.04. The summed E-state index contributed by atoms with van der Waals surface area (Å²) in [6.07, 6.45) is 1.68. The molecular formula is C14H14N2O2S. The molecule has 4 nitrogen and oxygen atoms in total. The number of benzene rings is 2. The van der Waals surface area contributed by atoms with Crippen molar-refractivity contribution < 1.29 is 8.42 Å². The van der Waals surface area contributed by atoms with E-state index >= 15 is 0 Å². The molecule has 2 aromatic rings. The Labute approximate surface area is 112 Å². The van der Waals surface area contributed by atoms with Crippen molar-refractivity contribution in [2.75, 3.05) is 0 Å². The van der Waals surface area contributed by atoms with E-state index in [9.17, 15) is 8.42 Å². The minimum atomic E-state index is -3.64. The summed E-state index contributed by atoms with van der Waals surface area (Å²) < 4.78 is 22.2. The Bertz CT molecular complexity index is 687. The van der Waals surface area contributed by atoms with Gasteiger partial charge in [-0.3, -0.25) is 4.99 Å². The minimum Gasteiger partial charge on any atom is -0.256 e. The molecule has 0 unspecified atom stereocenters. The predicted molar refractivity (Wildman–Crippen MR) is 76.2 cm³/mol. The molecule has 0 fully saturated rings. The molecular weight excluding hydrogens is 260 g/mol. The summed E-state index contributed by atoms with van der Waals surface area (Å²) in [5, 5.41) is 5.02. The summed E-state index contributed by atoms with van der Waals surface area (Å²) in [5.74, 6) is 0. The van der Waals surface area contributed by atoms with Gasteiger partial charge in [-0.2, -0.15) is 0 Å². The van der Waals surface area contributed by atoms with Crippen LogP contribution in [0.1, 0.15) is 11.1 Å². The molecule has 0 aromatic heterocycles. The highest BCUT2D eigenvalue weighted by atomic mass is 32.2. The number of nitrogens with zero attached hydrogens (tertiary/aromatic N) is 1. The van der Waals surface area contributed by atoms with Crippen molar-refractivity contribution >= 4 is 21.9 Å². The summed E-state index contributed by atoms with van der Waals surface area (Å²) in [6, 6.07) is 14.1. The van der Waals surface area contributed by atoms with Gasteiger partial charge in [0, 0.05) is 6.21 Å². The van der Waals surface area contributed by atoms with Gasteiger partial charge in [-0.05, 0) is 36.8 Å². The van der Waals surface area contributed by atoms with Crippen molar-refractivity contribution in [3.8, 4) is 0 Å². The monoisotopic (exact) mass is 274 g/mol. The Kier molecular flexibility index (Phi) is 3.78. The molecule has 0 aliphatic rings. The lowest BCUT2D eigenvalue weighted by atomic mass is 10.2. The first-order valence-electron chi connectivity index (χ1n) is 5.69. The lowest BCUT2D eigenvalue weighted by Gasteiger charge is -1.98. The quantitative estimate of drug-likeness (QED) is 0.873. The minimum absolute atomic E-state index is 0.0972. The number of rotatable bonds is 3. The number of hydrogen-bond donors (Lipinski definition) is 1. The second-order valence-electron chi connectivity index (χ2n) is 4.21. The summed E-state index contributed by atoms with van der Waals surface area (Å²) >= 11 is 0. The summed E-state index contributed by atoms with van der Waals surface area (Å²) in [6.45, 7) is 2.01. The second-order valence-corrected chi connectivity index (χ2v) is 5.77. The third kappa shape index (κ3) is 3.74. The molecule has 5 heteroatoms. The van der Waals surface area contributed by atoms with Crippen LogP contribution in [0.5, 0.6) is 0 Å². The van der Waals surface area contributed by atoms with Gasteiger partial charge in [-0.25, -0.2) is 13.6 Å². The van der Waals surface area contributed by atoms with Crippen molar-refractivity contribution in [3.05, 3.63) is 59.7 Å². The van der Waals surface area contributed by atoms with Crippen LogP contribution in [0.15, 0.2) is 58.4 Å². The van der Waals surface area contributed by atoms with E-state index in [1.807, 2.05) is 31.2 Å². The standard InChI is InChI=1S/C14H14N2O2S/c1-11-2-6-13(7-3-11)16-10-12-4-8-14(9-5-12)19(15,17)18/h2-10H,1H3,(H2,15,17,18)/b16-10+. The average molecular weight is 274 g/mol. The Morgan fingerprint density at radius 2 is 1.58 bits per heavy atom. The first-order valence-corrected chi connectivity index (χ1v) is 7.23. The molecule has 0 bridgehead atoms. The van der Waals surface area contributed by atoms with Crippen molar-refractivity contribution in [1.29, 1.82) is 0 Å². The topological polar surface area (TPSA) is 72.5 Å². The van der Waals surface area contributed by atoms with E-state index < -0.39 is 10.0 Å². The zero-order chi connectivity index (χ0) is 13.9. The van der Waals surface area contributed by atoms with Gasteiger partial charge < -0.3 is 0 Å². The molecule has 98 valence electrons. The van der Waals surface area contributed by atoms with Crippen molar-refractivity contribution in [3.63, 3.8) is 0 Å². The van der Waals surface area contributed by atoms with E-state index in [-0.39, 0.29) is 4.90 Å². The normalized spacial score (nSPS) is 11.9. The highest BCUT2D eigenvalue weighted by Crippen LogP contribution is 2.13. The average Bonchev–Trinajstić information content (AvgIpc) is 2.37. The van der Waals surface area contributed by atoms with Crippen LogP contribution in [0.25, 0.3) is 0 Å². The lowest BCUT2D eigenvalue weighted by molar-refractivity contribution is 0.598. The van der Waals surface area contributed by atoms with E-state index in [1.54, 1.807) is 18.3 Å². The second kappa shape index (κ2) is 5.34. The number of nitrogens with two attached hydrogens (primary N) is 1. The predicted octanol–water partition coefficient (Wildman–Crippen LogP) is 2.39. The molecule has 0 atom stereocenters. The van der Waals surface area contributed by atoms with Crippen LogP contribution < -0.4 is 5.14 Å². The van der Waals surface area contributed by atoms with Crippen LogP contribution >= 0.6 is 0 Å². The van der Waals surface area contributed by atoms with Gasteiger partial charge in [0.2, 0.25) is 10.0 Å². The summed E-state index contributed by atoms with van der Waals surface area (Å²) in [7, 11) is -3.64. The third-order valence-corrected chi connectivity index (χ3v) is 3.53. The molecule has 2 aromatic carbocycles. The van der Waals surface area contributed by atoms with Crippen LogP contribution in [0, 0.1) is 6.92 Å². The fourth-order valence-electron chi connectivity index (χ4n) is 1.52. The summed E-state index contributed by atoms with van der Waals surface area (Å²) in [5.41, 5.74) is 2.84. The maximum Gasteiger partial charge on any atom is 0.238 e. The Morgan fingerprint density at radius 1 is 1.00 bits per heavy atom. The molecule has 0 saturated heterocycles. The molecule has 0 amide bonds. The molecule has 19 heavy (non-hydrogen) atoms. The number of aryl methyl sites for hydroxylation is 1. The van der Waals surface area contributed by atoms with Gasteiger partial charge in [0.1, 0.15) is 0 Å². The molecule has 0 heterocycles. The Morgan fingerprint density at radius 3 is 2.11 bits per heavy atom. The maximum absolute atomic E-state index is 11.1. The summed E-state index contributed by atoms with van der Waals surface area (Å²) in [4.78, 5) is 4.40. The van der Waals surface area contributed by atoms with E-state index in [4.69, 9.17) is 5.14 Å². The van der Waals surface area contributed by atoms with Crippen molar-refractivity contribution in [1.82, 2.24) is 0 Å². The zero-order valence-corrected chi connectivity index (χ0v) is 11.3. The van der Waals surface area contributed by atoms with Crippen LogP contribution in [0.2, 0.25) is 0 Å². The fraction of sp³-hybridized carbons (Fsp3) is 0.0714. The van der Waals surface area contributed by atoms with Gasteiger partial charge in [0.15, 0.2) is 0 Å². The van der Waals surface area contributed by atoms with Gasteiger partial charge in [-0.15, -0.1) is 0 Å². The first kappa shape index (κ1) is 13.5. The number of aliphatic imine (C=N–C) groups is 1. The highest BCUT2D eigenvalue weighted by Gasteiger charge is 2.05. The molecule has 0 saturated carbocycles. The van der Waals surface area contributed by atoms with Gasteiger partial charge in [0.25, 0.3) is 0 Å². The van der Waals surface area contributed by atoms with Gasteiger partial charge in [-0.1, -0.05) is 29.8 Å². The Balaban J connectivity index is 2.18. The van der Waals surface area contributed by atoms with E-state index in [2.05, 4.69) is 4.99 Å². The lowest BCUT2D eigenvalue weighted by Crippen LogP contribution is -2.11. The van der Waals surface area contributed by atoms with E-state index in [0.29, 0.717) is 0 Å². The van der Waals surface area contributed by atoms with Crippen LogP contribution in [-0.2, 0) is 10.0 Å². The number of primary sulfonamides is 1. The largest absolute Gasteiger partial charge is 0.256 e. The molecule has 0 aliphatic carbocycles. The molecule has 0 spiro atoms. The number of sulfonamides is 1. The SMILES string of the molecule is Cc1ccc(/N=C/c2ccc(S(N)(=O)=O)cc2)cc1. The molecule has 2 N–H and O–H groups in total. The van der Waals surface area contributed by atoms with E-state index in [0.717, 1.165) is 11.3 Å². The zero-order valence-electron chi connectivity index (χ0n) is 10.4. The maximum atomic E-state index is 11.1. The molecule has 2 rings (SSSR count). The highest BCUT2D eigenvalue weighted by molar-refractivity contribution is 7.89. The van der Waals surface area contributed by atoms with Crippen molar-refractivity contribution in [2.24, 2.45) is 10.1 Å². The van der Waals surface area contributed by atoms with Crippen LogP contribution in [0.3, 0.4) is 0 Å². The Hall–Kier alpha value is -1.98. The first-order chi connectivity index (χ1) is 8.95. The molecule has 0 aliphatic heterocycles. The third-order valence-electron chi connectivity index (χ3n) is 2.61. The molecule has 0 radical (unpaired) electrons. The van der Waals surface area contributed by atoms with Gasteiger partial charge in [0.05, 0.1) is 10.6 Å². The smallest absolute Gasteiger partial charge is 0.238 e. The number of hydrogen-bond acceptors (Lipinski definition) is 3. The van der Waals surface area contributed by atoms with Crippen LogP contribution in [-0.4, -0.2) is 14.6 Å². The van der Waals surface area contributed by atoms with Gasteiger partial charge >= 0.3 is 0 Å². The van der Waals surface area contributed by atoms with E-state index in [1.165, 1.54) is 17.7 Å².